The molecule has 68 valence electrons. The van der Waals surface area contributed by atoms with E-state index in [1.807, 2.05) is 6.08 Å². The van der Waals surface area contributed by atoms with Crippen molar-refractivity contribution in [2.75, 3.05) is 0 Å². The van der Waals surface area contributed by atoms with Crippen molar-refractivity contribution in [3.63, 3.8) is 0 Å². The van der Waals surface area contributed by atoms with Gasteiger partial charge in [-0.25, -0.2) is 0 Å². The van der Waals surface area contributed by atoms with Crippen LogP contribution in [0.2, 0.25) is 0 Å². The van der Waals surface area contributed by atoms with E-state index in [2.05, 4.69) is 19.6 Å². The highest BCUT2D eigenvalue weighted by Gasteiger charge is 1.79. The van der Waals surface area contributed by atoms with Crippen molar-refractivity contribution >= 4 is 0 Å². The van der Waals surface area contributed by atoms with Crippen LogP contribution in [-0.2, 0) is 0 Å². The first kappa shape index (κ1) is 11.0. The smallest absolute Gasteiger partial charge is 0.108 e. The van der Waals surface area contributed by atoms with Crippen LogP contribution < -0.4 is 0 Å². The number of rotatable bonds is 6. The Hall–Kier alpha value is -0.980. The molecule has 0 aromatic carbocycles. The van der Waals surface area contributed by atoms with E-state index in [0.29, 0.717) is 0 Å². The van der Waals surface area contributed by atoms with Gasteiger partial charge in [-0.2, -0.15) is 0 Å². The van der Waals surface area contributed by atoms with Crippen molar-refractivity contribution < 1.29 is 5.11 Å². The summed E-state index contributed by atoms with van der Waals surface area (Å²) in [5, 5.41) is 8.68. The van der Waals surface area contributed by atoms with Gasteiger partial charge in [-0.1, -0.05) is 44.6 Å². The third-order valence-corrected chi connectivity index (χ3v) is 1.51. The molecule has 0 bridgehead atoms. The summed E-state index contributed by atoms with van der Waals surface area (Å²) < 4.78 is 0. The van der Waals surface area contributed by atoms with Gasteiger partial charge in [0, 0.05) is 0 Å². The average Bonchev–Trinajstić information content (AvgIpc) is 2.02. The number of aliphatic hydroxyl groups excluding tert-OH is 1. The van der Waals surface area contributed by atoms with Crippen molar-refractivity contribution in [1.29, 1.82) is 0 Å². The molecule has 0 rings (SSSR count). The van der Waals surface area contributed by atoms with Crippen LogP contribution in [-0.4, -0.2) is 5.11 Å². The fraction of sp³-hybridized carbons (Fsp3) is 0.455. The number of aliphatic hydroxyl groups is 1. The van der Waals surface area contributed by atoms with Crippen molar-refractivity contribution in [3.8, 4) is 0 Å². The first-order valence-corrected chi connectivity index (χ1v) is 4.48. The van der Waals surface area contributed by atoms with Crippen molar-refractivity contribution in [1.82, 2.24) is 0 Å². The van der Waals surface area contributed by atoms with Gasteiger partial charge in [-0.15, -0.1) is 0 Å². The predicted octanol–water partition coefficient (Wildman–Crippen LogP) is 3.75. The molecular formula is C11H18O. The van der Waals surface area contributed by atoms with Gasteiger partial charge in [0.2, 0.25) is 0 Å². The van der Waals surface area contributed by atoms with Crippen LogP contribution in [0.1, 0.15) is 32.6 Å². The van der Waals surface area contributed by atoms with Crippen LogP contribution in [0.3, 0.4) is 0 Å². The Labute approximate surface area is 75.1 Å². The molecule has 12 heavy (non-hydrogen) atoms. The summed E-state index contributed by atoms with van der Waals surface area (Å²) in [6, 6.07) is 0. The number of unbranched alkanes of at least 4 members (excludes halogenated alkanes) is 3. The molecule has 0 heterocycles. The van der Waals surface area contributed by atoms with E-state index in [1.54, 1.807) is 12.2 Å². The van der Waals surface area contributed by atoms with Crippen LogP contribution >= 0.6 is 0 Å². The Bertz CT molecular complexity index is 166. The Morgan fingerprint density at radius 2 is 2.08 bits per heavy atom. The second-order valence-corrected chi connectivity index (χ2v) is 2.77. The van der Waals surface area contributed by atoms with Crippen LogP contribution in [0.15, 0.2) is 36.6 Å². The maximum absolute atomic E-state index is 8.68. The second kappa shape index (κ2) is 8.12. The number of allylic oxidation sites excluding steroid dienone is 4. The molecular weight excluding hydrogens is 148 g/mol. The molecule has 0 fully saturated rings. The maximum Gasteiger partial charge on any atom is 0.108 e. The molecule has 0 amide bonds. The van der Waals surface area contributed by atoms with Gasteiger partial charge in [-0.3, -0.25) is 0 Å². The summed E-state index contributed by atoms with van der Waals surface area (Å²) in [7, 11) is 0. The molecule has 0 aliphatic heterocycles. The Balaban J connectivity index is 3.31. The summed E-state index contributed by atoms with van der Waals surface area (Å²) in [6.07, 6.45) is 12.4. The average molecular weight is 166 g/mol. The zero-order valence-corrected chi connectivity index (χ0v) is 7.79. The minimum atomic E-state index is 0.105. The SMILES string of the molecule is C=C(O)C=CC=CCCCCC. The van der Waals surface area contributed by atoms with Crippen LogP contribution in [0.25, 0.3) is 0 Å². The highest BCUT2D eigenvalue weighted by molar-refractivity contribution is 5.12. The van der Waals surface area contributed by atoms with Gasteiger partial charge in [0.1, 0.15) is 5.76 Å². The van der Waals surface area contributed by atoms with Crippen LogP contribution in [0, 0.1) is 0 Å². The number of hydrogen-bond donors (Lipinski definition) is 1. The third kappa shape index (κ3) is 9.02. The minimum Gasteiger partial charge on any atom is -0.509 e. The molecule has 0 atom stereocenters. The molecule has 0 radical (unpaired) electrons. The molecule has 0 aromatic rings. The second-order valence-electron chi connectivity index (χ2n) is 2.77. The van der Waals surface area contributed by atoms with Gasteiger partial charge in [-0.05, 0) is 18.9 Å². The van der Waals surface area contributed by atoms with Crippen molar-refractivity contribution in [3.05, 3.63) is 36.6 Å². The normalized spacial score (nSPS) is 11.4. The highest BCUT2D eigenvalue weighted by atomic mass is 16.3. The molecule has 1 nitrogen and oxygen atoms in total. The first-order valence-electron chi connectivity index (χ1n) is 4.48. The molecule has 0 saturated carbocycles. The zero-order chi connectivity index (χ0) is 9.23. The van der Waals surface area contributed by atoms with E-state index >= 15 is 0 Å². The number of hydrogen-bond acceptors (Lipinski definition) is 1. The molecule has 1 N–H and O–H groups in total. The maximum atomic E-state index is 8.68. The molecule has 0 unspecified atom stereocenters. The Kier molecular flexibility index (Phi) is 7.46. The van der Waals surface area contributed by atoms with E-state index in [-0.39, 0.29) is 5.76 Å². The van der Waals surface area contributed by atoms with Crippen molar-refractivity contribution in [2.45, 2.75) is 32.6 Å². The minimum absolute atomic E-state index is 0.105. The van der Waals surface area contributed by atoms with Gasteiger partial charge in [0.15, 0.2) is 0 Å². The molecule has 0 spiro atoms. The van der Waals surface area contributed by atoms with Gasteiger partial charge >= 0.3 is 0 Å². The molecule has 1 heteroatoms. The van der Waals surface area contributed by atoms with E-state index < -0.39 is 0 Å². The Morgan fingerprint density at radius 1 is 1.33 bits per heavy atom. The fourth-order valence-corrected chi connectivity index (χ4v) is 0.854. The standard InChI is InChI=1S/C11H18O/c1-3-4-5-6-7-8-9-10-11(2)12/h7-10,12H,2-6H2,1H3. The summed E-state index contributed by atoms with van der Waals surface area (Å²) in [4.78, 5) is 0. The summed E-state index contributed by atoms with van der Waals surface area (Å²) in [6.45, 7) is 5.53. The summed E-state index contributed by atoms with van der Waals surface area (Å²) >= 11 is 0. The highest BCUT2D eigenvalue weighted by Crippen LogP contribution is 1.99. The zero-order valence-electron chi connectivity index (χ0n) is 7.79. The largest absolute Gasteiger partial charge is 0.509 e. The lowest BCUT2D eigenvalue weighted by Crippen LogP contribution is -1.70. The lowest BCUT2D eigenvalue weighted by molar-refractivity contribution is 0.435. The summed E-state index contributed by atoms with van der Waals surface area (Å²) in [5.41, 5.74) is 0. The van der Waals surface area contributed by atoms with Gasteiger partial charge in [0.05, 0.1) is 0 Å². The van der Waals surface area contributed by atoms with Crippen LogP contribution in [0.5, 0.6) is 0 Å². The van der Waals surface area contributed by atoms with Gasteiger partial charge in [0.25, 0.3) is 0 Å². The first-order chi connectivity index (χ1) is 5.77. The van der Waals surface area contributed by atoms with Crippen molar-refractivity contribution in [2.24, 2.45) is 0 Å². The molecule has 0 aliphatic rings. The quantitative estimate of drug-likeness (QED) is 0.362. The Morgan fingerprint density at radius 3 is 2.67 bits per heavy atom. The lowest BCUT2D eigenvalue weighted by atomic mass is 10.2. The predicted molar refractivity (Wildman–Crippen MR) is 54.2 cm³/mol. The van der Waals surface area contributed by atoms with E-state index in [4.69, 9.17) is 5.11 Å². The molecule has 0 saturated heterocycles. The lowest BCUT2D eigenvalue weighted by Gasteiger charge is -1.89. The monoisotopic (exact) mass is 166 g/mol. The van der Waals surface area contributed by atoms with E-state index in [0.717, 1.165) is 6.42 Å². The van der Waals surface area contributed by atoms with Gasteiger partial charge < -0.3 is 5.11 Å². The van der Waals surface area contributed by atoms with E-state index in [1.165, 1.54) is 19.3 Å². The fourth-order valence-electron chi connectivity index (χ4n) is 0.854. The molecule has 0 aromatic heterocycles. The molecule has 0 aliphatic carbocycles. The third-order valence-electron chi connectivity index (χ3n) is 1.51. The van der Waals surface area contributed by atoms with Crippen LogP contribution in [0.4, 0.5) is 0 Å². The van der Waals surface area contributed by atoms with E-state index in [9.17, 15) is 0 Å². The summed E-state index contributed by atoms with van der Waals surface area (Å²) in [5.74, 6) is 0.105. The topological polar surface area (TPSA) is 20.2 Å².